The third-order valence-corrected chi connectivity index (χ3v) is 18.1. The smallest absolute Gasteiger partial charge is 0.462 e. The van der Waals surface area contributed by atoms with E-state index in [-0.39, 0.29) is 25.7 Å². The summed E-state index contributed by atoms with van der Waals surface area (Å²) in [5.41, 5.74) is 0. The van der Waals surface area contributed by atoms with E-state index < -0.39 is 97.5 Å². The monoisotopic (exact) mass is 1520 g/mol. The van der Waals surface area contributed by atoms with Gasteiger partial charge in [0.25, 0.3) is 0 Å². The molecule has 19 heteroatoms. The van der Waals surface area contributed by atoms with Crippen molar-refractivity contribution in [3.8, 4) is 0 Å². The molecule has 0 aromatic rings. The molecule has 0 bridgehead atoms. The Hall–Kier alpha value is -5.58. The fourth-order valence-corrected chi connectivity index (χ4v) is 11.7. The Morgan fingerprint density at radius 2 is 0.491 bits per heavy atom. The van der Waals surface area contributed by atoms with Gasteiger partial charge in [-0.15, -0.1) is 0 Å². The van der Waals surface area contributed by atoms with Gasteiger partial charge in [0.15, 0.2) is 12.2 Å². The van der Waals surface area contributed by atoms with E-state index in [0.717, 1.165) is 193 Å². The van der Waals surface area contributed by atoms with E-state index in [0.29, 0.717) is 32.1 Å². The Morgan fingerprint density at radius 3 is 0.774 bits per heavy atom. The Balaban J connectivity index is 5.45. The molecule has 0 spiro atoms. The number of hydrogen-bond acceptors (Lipinski definition) is 15. The number of esters is 4. The SMILES string of the molecule is CC/C=C\C/C=C\C/C=C\C/C=C\CCCCCCC(=O)OCC(COP(=O)(O)OCC(O)COP(=O)(O)OCC(COC(=O)CCCCCCCC/C=C\C/C=C\C/C=C\CCCCC)OC(=O)CCCC/C=C\C/C=C\C/C=C\C/C=C\CC)OC(=O)CCCCCCC/C=C\C/C=C\C/C=C\CC. The van der Waals surface area contributed by atoms with Crippen molar-refractivity contribution in [1.29, 1.82) is 0 Å². The zero-order valence-corrected chi connectivity index (χ0v) is 67.6. The van der Waals surface area contributed by atoms with E-state index in [9.17, 15) is 43.2 Å². The molecule has 0 aromatic carbocycles. The van der Waals surface area contributed by atoms with Gasteiger partial charge >= 0.3 is 39.5 Å². The molecule has 0 heterocycles. The van der Waals surface area contributed by atoms with Crippen LogP contribution in [0.15, 0.2) is 170 Å². The molecule has 5 unspecified atom stereocenters. The standard InChI is InChI=1S/C87H142O17P2/c1-5-9-13-17-21-25-29-33-37-39-40-42-46-48-52-56-60-64-68-72-85(90)98-78-83(104-87(92)74-70-66-62-58-54-50-44-36-32-28-24-20-16-12-8-4)80-102-106(95,96)100-76-81(88)75-99-105(93,94)101-79-82(103-86(91)73-69-65-61-57-53-49-43-35-31-27-23-19-15-11-7-3)77-97-84(89)71-67-63-59-55-51-47-45-41-38-34-30-26-22-18-14-10-6-2/h10-12,14-16,21-28,33-38,40,42-45,47,54,58,81-83,88H,5-9,13,17-20,29-32,39,41,46,48-53,55-57,59-80H2,1-4H3,(H,93,94)(H,95,96)/b14-10-,15-11-,16-12-,25-21-,26-22-,27-23-,28-24-,37-33-,38-34-,42-40-,43-35-,44-36-,47-45-,58-54-. The van der Waals surface area contributed by atoms with Gasteiger partial charge in [0.05, 0.1) is 26.4 Å². The molecular weight excluding hydrogens is 1380 g/mol. The Kier molecular flexibility index (Phi) is 73.5. The highest BCUT2D eigenvalue weighted by Gasteiger charge is 2.30. The highest BCUT2D eigenvalue weighted by Crippen LogP contribution is 2.45. The number of phosphoric ester groups is 2. The minimum atomic E-state index is -5.00. The van der Waals surface area contributed by atoms with Crippen LogP contribution in [0.1, 0.15) is 297 Å². The normalized spacial score (nSPS) is 14.7. The molecule has 0 amide bonds. The summed E-state index contributed by atoms with van der Waals surface area (Å²) in [6.07, 6.45) is 91.9. The van der Waals surface area contributed by atoms with Gasteiger partial charge in [-0.25, -0.2) is 9.13 Å². The van der Waals surface area contributed by atoms with Crippen molar-refractivity contribution in [3.05, 3.63) is 170 Å². The van der Waals surface area contributed by atoms with E-state index in [1.165, 1.54) is 19.3 Å². The predicted octanol–water partition coefficient (Wildman–Crippen LogP) is 23.8. The molecule has 106 heavy (non-hydrogen) atoms. The lowest BCUT2D eigenvalue weighted by Gasteiger charge is -2.21. The summed E-state index contributed by atoms with van der Waals surface area (Å²) < 4.78 is 68.6. The topological polar surface area (TPSA) is 237 Å². The first kappa shape index (κ1) is 100. The van der Waals surface area contributed by atoms with Crippen LogP contribution in [0.25, 0.3) is 0 Å². The van der Waals surface area contributed by atoms with Crippen LogP contribution in [-0.2, 0) is 65.4 Å². The van der Waals surface area contributed by atoms with Crippen molar-refractivity contribution in [2.75, 3.05) is 39.6 Å². The third kappa shape index (κ3) is 76.6. The summed E-state index contributed by atoms with van der Waals surface area (Å²) in [4.78, 5) is 73.1. The van der Waals surface area contributed by atoms with Crippen molar-refractivity contribution in [2.45, 2.75) is 316 Å². The first-order valence-corrected chi connectivity index (χ1v) is 43.4. The Bertz CT molecular complexity index is 2680. The number of ether oxygens (including phenoxy) is 4. The lowest BCUT2D eigenvalue weighted by atomic mass is 10.1. The summed E-state index contributed by atoms with van der Waals surface area (Å²) in [6.45, 7) is 4.39. The average Bonchev–Trinajstić information content (AvgIpc) is 0.928. The first-order valence-electron chi connectivity index (χ1n) is 40.4. The minimum Gasteiger partial charge on any atom is -0.462 e. The van der Waals surface area contributed by atoms with Crippen molar-refractivity contribution in [2.24, 2.45) is 0 Å². The second-order valence-corrected chi connectivity index (χ2v) is 29.1. The van der Waals surface area contributed by atoms with Gasteiger partial charge in [-0.2, -0.15) is 0 Å². The van der Waals surface area contributed by atoms with Crippen molar-refractivity contribution in [1.82, 2.24) is 0 Å². The number of rotatable bonds is 74. The van der Waals surface area contributed by atoms with Gasteiger partial charge in [0.2, 0.25) is 0 Å². The number of carbonyl (C=O) groups excluding carboxylic acids is 4. The summed E-state index contributed by atoms with van der Waals surface area (Å²) in [7, 11) is -10.0. The van der Waals surface area contributed by atoms with E-state index in [4.69, 9.17) is 37.0 Å². The molecule has 0 aromatic heterocycles. The number of aliphatic hydroxyl groups is 1. The van der Waals surface area contributed by atoms with Crippen LogP contribution in [0.2, 0.25) is 0 Å². The van der Waals surface area contributed by atoms with Crippen molar-refractivity contribution < 1.29 is 80.2 Å². The van der Waals surface area contributed by atoms with Crippen molar-refractivity contribution in [3.63, 3.8) is 0 Å². The number of carbonyl (C=O) groups is 4. The summed E-state index contributed by atoms with van der Waals surface area (Å²) in [6, 6.07) is 0. The average molecular weight is 1520 g/mol. The molecule has 0 radical (unpaired) electrons. The lowest BCUT2D eigenvalue weighted by Crippen LogP contribution is -2.30. The van der Waals surface area contributed by atoms with Gasteiger partial charge < -0.3 is 33.8 Å². The molecular formula is C87H142O17P2. The predicted molar refractivity (Wildman–Crippen MR) is 436 cm³/mol. The maximum Gasteiger partial charge on any atom is 0.472 e. The Morgan fingerprint density at radius 1 is 0.274 bits per heavy atom. The van der Waals surface area contributed by atoms with Crippen LogP contribution in [0.3, 0.4) is 0 Å². The molecule has 5 atom stereocenters. The highest BCUT2D eigenvalue weighted by molar-refractivity contribution is 7.47. The first-order chi connectivity index (χ1) is 51.7. The highest BCUT2D eigenvalue weighted by atomic mass is 31.2. The summed E-state index contributed by atoms with van der Waals surface area (Å²) in [5.74, 6) is -2.29. The van der Waals surface area contributed by atoms with Crippen LogP contribution >= 0.6 is 15.6 Å². The third-order valence-electron chi connectivity index (χ3n) is 16.2. The molecule has 602 valence electrons. The number of phosphoric acid groups is 2. The lowest BCUT2D eigenvalue weighted by molar-refractivity contribution is -0.161. The maximum atomic E-state index is 13.1. The quantitative estimate of drug-likeness (QED) is 0.0169. The van der Waals surface area contributed by atoms with E-state index in [1.54, 1.807) is 0 Å². The minimum absolute atomic E-state index is 0.0332. The second-order valence-electron chi connectivity index (χ2n) is 26.2. The summed E-state index contributed by atoms with van der Waals surface area (Å²) in [5, 5.41) is 10.6. The molecule has 0 rings (SSSR count). The number of allylic oxidation sites excluding steroid dienone is 28. The zero-order valence-electron chi connectivity index (χ0n) is 65.8. The maximum absolute atomic E-state index is 13.1. The summed E-state index contributed by atoms with van der Waals surface area (Å²) >= 11 is 0. The number of unbranched alkanes of at least 4 members (excludes halogenated alkanes) is 20. The van der Waals surface area contributed by atoms with Crippen LogP contribution in [-0.4, -0.2) is 96.7 Å². The Labute approximate surface area is 642 Å². The van der Waals surface area contributed by atoms with Gasteiger partial charge in [0.1, 0.15) is 19.3 Å². The molecule has 0 aliphatic carbocycles. The molecule has 3 N–H and O–H groups in total. The molecule has 0 saturated heterocycles. The molecule has 17 nitrogen and oxygen atoms in total. The fraction of sp³-hybridized carbons (Fsp3) is 0.632. The number of hydrogen-bond donors (Lipinski definition) is 3. The van der Waals surface area contributed by atoms with Crippen LogP contribution in [0, 0.1) is 0 Å². The molecule has 0 saturated carbocycles. The van der Waals surface area contributed by atoms with Crippen LogP contribution in [0.5, 0.6) is 0 Å². The van der Waals surface area contributed by atoms with Gasteiger partial charge in [0, 0.05) is 25.7 Å². The van der Waals surface area contributed by atoms with Crippen LogP contribution < -0.4 is 0 Å². The second kappa shape index (κ2) is 77.6. The number of aliphatic hydroxyl groups excluding tert-OH is 1. The van der Waals surface area contributed by atoms with Gasteiger partial charge in [-0.1, -0.05) is 268 Å². The van der Waals surface area contributed by atoms with E-state index >= 15 is 0 Å². The molecule has 0 fully saturated rings. The van der Waals surface area contributed by atoms with Gasteiger partial charge in [-0.3, -0.25) is 37.3 Å². The van der Waals surface area contributed by atoms with Crippen molar-refractivity contribution >= 4 is 39.5 Å². The molecule has 0 aliphatic heterocycles. The fourth-order valence-electron chi connectivity index (χ4n) is 10.1. The van der Waals surface area contributed by atoms with Gasteiger partial charge in [-0.05, 0) is 173 Å². The molecule has 0 aliphatic rings. The largest absolute Gasteiger partial charge is 0.472 e. The van der Waals surface area contributed by atoms with E-state index in [2.05, 4.69) is 198 Å². The van der Waals surface area contributed by atoms with Crippen LogP contribution in [0.4, 0.5) is 0 Å². The zero-order chi connectivity index (χ0) is 77.4. The van der Waals surface area contributed by atoms with E-state index in [1.807, 2.05) is 0 Å².